The van der Waals surface area contributed by atoms with Crippen LogP contribution in [0.5, 0.6) is 0 Å². The van der Waals surface area contributed by atoms with Gasteiger partial charge in [0.1, 0.15) is 6.04 Å². The Morgan fingerprint density at radius 3 is 2.89 bits per heavy atom. The van der Waals surface area contributed by atoms with Crippen LogP contribution in [-0.2, 0) is 14.3 Å². The van der Waals surface area contributed by atoms with E-state index in [1.807, 2.05) is 0 Å². The van der Waals surface area contributed by atoms with Crippen LogP contribution < -0.4 is 10.6 Å². The number of hydrogen-bond acceptors (Lipinski definition) is 4. The largest absolute Gasteiger partial charge is 0.379 e. The second kappa shape index (κ2) is 6.15. The molecule has 0 spiro atoms. The normalized spacial score (nSPS) is 23.6. The molecule has 18 heavy (non-hydrogen) atoms. The monoisotopic (exact) mass is 255 g/mol. The van der Waals surface area contributed by atoms with Crippen LogP contribution in [0, 0.1) is 5.92 Å². The van der Waals surface area contributed by atoms with Crippen LogP contribution >= 0.6 is 0 Å². The van der Waals surface area contributed by atoms with E-state index in [4.69, 9.17) is 4.74 Å². The van der Waals surface area contributed by atoms with Crippen LogP contribution in [0.3, 0.4) is 0 Å². The topological polar surface area (TPSA) is 70.7 Å². The number of carbonyl (C=O) groups is 2. The molecule has 6 heteroatoms. The molecule has 2 amide bonds. The Morgan fingerprint density at radius 1 is 1.50 bits per heavy atom. The van der Waals surface area contributed by atoms with Crippen molar-refractivity contribution in [3.05, 3.63) is 0 Å². The Hall–Kier alpha value is -1.14. The highest BCUT2D eigenvalue weighted by molar-refractivity contribution is 5.86. The van der Waals surface area contributed by atoms with Crippen molar-refractivity contribution in [2.75, 3.05) is 39.9 Å². The first kappa shape index (κ1) is 13.3. The number of rotatable bonds is 6. The first-order chi connectivity index (χ1) is 8.66. The quantitative estimate of drug-likeness (QED) is 0.595. The fraction of sp³-hybridized carbons (Fsp3) is 0.833. The van der Waals surface area contributed by atoms with Gasteiger partial charge in [0.05, 0.1) is 13.2 Å². The molecule has 1 saturated carbocycles. The van der Waals surface area contributed by atoms with E-state index in [-0.39, 0.29) is 24.4 Å². The lowest BCUT2D eigenvalue weighted by Gasteiger charge is -2.27. The van der Waals surface area contributed by atoms with Gasteiger partial charge in [-0.1, -0.05) is 0 Å². The number of nitrogens with zero attached hydrogens (tertiary/aromatic N) is 1. The Kier molecular flexibility index (Phi) is 4.54. The Bertz CT molecular complexity index is 308. The lowest BCUT2D eigenvalue weighted by Crippen LogP contribution is -2.58. The minimum absolute atomic E-state index is 0.00465. The van der Waals surface area contributed by atoms with Gasteiger partial charge in [-0.3, -0.25) is 14.9 Å². The van der Waals surface area contributed by atoms with Crippen molar-refractivity contribution in [1.29, 1.82) is 0 Å². The Labute approximate surface area is 107 Å². The molecule has 1 aliphatic heterocycles. The van der Waals surface area contributed by atoms with Crippen LogP contribution in [0.4, 0.5) is 0 Å². The van der Waals surface area contributed by atoms with Gasteiger partial charge in [0.2, 0.25) is 11.8 Å². The van der Waals surface area contributed by atoms with Crippen LogP contribution in [0.1, 0.15) is 12.8 Å². The summed E-state index contributed by atoms with van der Waals surface area (Å²) in [6.45, 7) is 2.57. The fourth-order valence-electron chi connectivity index (χ4n) is 1.85. The number of piperazine rings is 1. The Balaban J connectivity index is 1.62. The zero-order valence-electron chi connectivity index (χ0n) is 10.8. The SMILES string of the molecule is CN(CCOCC1CC1)C(=O)C1CNC(=O)CN1. The van der Waals surface area contributed by atoms with Crippen molar-refractivity contribution >= 4 is 11.8 Å². The van der Waals surface area contributed by atoms with Crippen LogP contribution in [0.15, 0.2) is 0 Å². The maximum Gasteiger partial charge on any atom is 0.241 e. The van der Waals surface area contributed by atoms with Crippen LogP contribution in [0.25, 0.3) is 0 Å². The third kappa shape index (κ3) is 3.96. The minimum Gasteiger partial charge on any atom is -0.379 e. The summed E-state index contributed by atoms with van der Waals surface area (Å²) in [5, 5.41) is 5.60. The third-order valence-electron chi connectivity index (χ3n) is 3.31. The molecule has 0 radical (unpaired) electrons. The molecule has 2 fully saturated rings. The number of nitrogens with one attached hydrogen (secondary N) is 2. The number of carbonyl (C=O) groups excluding carboxylic acids is 2. The average Bonchev–Trinajstić information content (AvgIpc) is 3.18. The van der Waals surface area contributed by atoms with Crippen LogP contribution in [-0.4, -0.2) is 62.7 Å². The zero-order chi connectivity index (χ0) is 13.0. The lowest BCUT2D eigenvalue weighted by atomic mass is 10.2. The molecule has 1 unspecified atom stereocenters. The molecular formula is C12H21N3O3. The molecular weight excluding hydrogens is 234 g/mol. The van der Waals surface area contributed by atoms with Crippen molar-refractivity contribution in [2.45, 2.75) is 18.9 Å². The van der Waals surface area contributed by atoms with E-state index in [2.05, 4.69) is 10.6 Å². The predicted molar refractivity (Wildman–Crippen MR) is 66.0 cm³/mol. The molecule has 6 nitrogen and oxygen atoms in total. The molecule has 102 valence electrons. The molecule has 0 aromatic rings. The summed E-state index contributed by atoms with van der Waals surface area (Å²) in [4.78, 5) is 24.6. The molecule has 0 bridgehead atoms. The summed E-state index contributed by atoms with van der Waals surface area (Å²) in [6.07, 6.45) is 2.56. The summed E-state index contributed by atoms with van der Waals surface area (Å²) < 4.78 is 5.50. The standard InChI is InChI=1S/C12H21N3O3/c1-15(4-5-18-8-9-2-3-9)12(17)10-6-14-11(16)7-13-10/h9-10,13H,2-8H2,1H3,(H,14,16). The van der Waals surface area contributed by atoms with Gasteiger partial charge in [-0.2, -0.15) is 0 Å². The zero-order valence-corrected chi connectivity index (χ0v) is 10.8. The minimum atomic E-state index is -0.309. The predicted octanol–water partition coefficient (Wildman–Crippen LogP) is -1.04. The van der Waals surface area contributed by atoms with Gasteiger partial charge >= 0.3 is 0 Å². The van der Waals surface area contributed by atoms with Crippen molar-refractivity contribution in [1.82, 2.24) is 15.5 Å². The van der Waals surface area contributed by atoms with Gasteiger partial charge in [0, 0.05) is 26.7 Å². The highest BCUT2D eigenvalue weighted by Gasteiger charge is 2.26. The van der Waals surface area contributed by atoms with Gasteiger partial charge in [0.15, 0.2) is 0 Å². The second-order valence-electron chi connectivity index (χ2n) is 5.02. The van der Waals surface area contributed by atoms with E-state index in [0.29, 0.717) is 19.7 Å². The molecule has 0 aromatic heterocycles. The molecule has 1 saturated heterocycles. The van der Waals surface area contributed by atoms with Gasteiger partial charge in [-0.25, -0.2) is 0 Å². The summed E-state index contributed by atoms with van der Waals surface area (Å²) in [5.41, 5.74) is 0. The van der Waals surface area contributed by atoms with E-state index in [1.54, 1.807) is 11.9 Å². The smallest absolute Gasteiger partial charge is 0.241 e. The maximum absolute atomic E-state index is 12.0. The highest BCUT2D eigenvalue weighted by atomic mass is 16.5. The van der Waals surface area contributed by atoms with Gasteiger partial charge in [-0.05, 0) is 18.8 Å². The number of ether oxygens (including phenoxy) is 1. The molecule has 1 atom stereocenters. The second-order valence-corrected chi connectivity index (χ2v) is 5.02. The van der Waals surface area contributed by atoms with Crippen molar-refractivity contribution in [3.63, 3.8) is 0 Å². The van der Waals surface area contributed by atoms with E-state index in [1.165, 1.54) is 12.8 Å². The number of amides is 2. The number of hydrogen-bond donors (Lipinski definition) is 2. The first-order valence-corrected chi connectivity index (χ1v) is 6.49. The molecule has 1 aliphatic carbocycles. The van der Waals surface area contributed by atoms with Gasteiger partial charge < -0.3 is 15.0 Å². The maximum atomic E-state index is 12.0. The van der Waals surface area contributed by atoms with Crippen molar-refractivity contribution < 1.29 is 14.3 Å². The van der Waals surface area contributed by atoms with E-state index in [9.17, 15) is 9.59 Å². The first-order valence-electron chi connectivity index (χ1n) is 6.49. The van der Waals surface area contributed by atoms with E-state index < -0.39 is 0 Å². The molecule has 2 rings (SSSR count). The summed E-state index contributed by atoms with van der Waals surface area (Å²) in [7, 11) is 1.76. The van der Waals surface area contributed by atoms with Crippen molar-refractivity contribution in [3.8, 4) is 0 Å². The third-order valence-corrected chi connectivity index (χ3v) is 3.31. The molecule has 0 aromatic carbocycles. The van der Waals surface area contributed by atoms with Crippen LogP contribution in [0.2, 0.25) is 0 Å². The van der Waals surface area contributed by atoms with Gasteiger partial charge in [0.25, 0.3) is 0 Å². The summed E-state index contributed by atoms with van der Waals surface area (Å²) in [5.74, 6) is 0.695. The van der Waals surface area contributed by atoms with Gasteiger partial charge in [-0.15, -0.1) is 0 Å². The molecule has 2 N–H and O–H groups in total. The van der Waals surface area contributed by atoms with E-state index in [0.717, 1.165) is 12.5 Å². The van der Waals surface area contributed by atoms with E-state index >= 15 is 0 Å². The molecule has 1 heterocycles. The fourth-order valence-corrected chi connectivity index (χ4v) is 1.85. The lowest BCUT2D eigenvalue weighted by molar-refractivity contribution is -0.134. The number of likely N-dealkylation sites (N-methyl/N-ethyl adjacent to an activating group) is 1. The summed E-state index contributed by atoms with van der Waals surface area (Å²) in [6, 6.07) is -0.309. The Morgan fingerprint density at radius 2 is 2.28 bits per heavy atom. The summed E-state index contributed by atoms with van der Waals surface area (Å²) >= 11 is 0. The average molecular weight is 255 g/mol. The van der Waals surface area contributed by atoms with Crippen molar-refractivity contribution in [2.24, 2.45) is 5.92 Å². The molecule has 2 aliphatic rings. The highest BCUT2D eigenvalue weighted by Crippen LogP contribution is 2.28.